The SMILES string of the molecule is O=C(CS(=O)(=O)c1ccccc1)NCC1CC1. The largest absolute Gasteiger partial charge is 0.355 e. The van der Waals surface area contributed by atoms with Crippen LogP contribution in [0.2, 0.25) is 0 Å². The molecule has 2 rings (SSSR count). The Balaban J connectivity index is 1.94. The Morgan fingerprint density at radius 2 is 1.88 bits per heavy atom. The molecule has 1 fully saturated rings. The monoisotopic (exact) mass is 253 g/mol. The minimum Gasteiger partial charge on any atom is -0.355 e. The van der Waals surface area contributed by atoms with Crippen LogP contribution in [-0.4, -0.2) is 26.6 Å². The molecule has 1 aromatic rings. The van der Waals surface area contributed by atoms with Crippen LogP contribution < -0.4 is 5.32 Å². The molecular formula is C12H15NO3S. The van der Waals surface area contributed by atoms with Gasteiger partial charge in [0.1, 0.15) is 5.75 Å². The Bertz CT molecular complexity index is 492. The van der Waals surface area contributed by atoms with Crippen LogP contribution in [0.25, 0.3) is 0 Å². The van der Waals surface area contributed by atoms with Gasteiger partial charge in [-0.15, -0.1) is 0 Å². The number of rotatable bonds is 5. The van der Waals surface area contributed by atoms with Crippen molar-refractivity contribution in [3.8, 4) is 0 Å². The van der Waals surface area contributed by atoms with Crippen molar-refractivity contribution in [1.82, 2.24) is 5.32 Å². The minimum atomic E-state index is -3.50. The summed E-state index contributed by atoms with van der Waals surface area (Å²) in [6.07, 6.45) is 2.26. The molecule has 0 saturated heterocycles. The molecule has 0 spiro atoms. The van der Waals surface area contributed by atoms with Gasteiger partial charge in [0.2, 0.25) is 5.91 Å². The van der Waals surface area contributed by atoms with Gasteiger partial charge >= 0.3 is 0 Å². The summed E-state index contributed by atoms with van der Waals surface area (Å²) >= 11 is 0. The molecule has 0 aromatic heterocycles. The maximum atomic E-state index is 11.8. The van der Waals surface area contributed by atoms with E-state index in [4.69, 9.17) is 0 Å². The number of carbonyl (C=O) groups excluding carboxylic acids is 1. The van der Waals surface area contributed by atoms with Crippen molar-refractivity contribution in [2.24, 2.45) is 5.92 Å². The summed E-state index contributed by atoms with van der Waals surface area (Å²) in [5.74, 6) is -0.330. The van der Waals surface area contributed by atoms with E-state index in [0.717, 1.165) is 12.8 Å². The number of benzene rings is 1. The molecule has 5 heteroatoms. The van der Waals surface area contributed by atoms with Gasteiger partial charge in [-0.05, 0) is 30.9 Å². The number of hydrogen-bond acceptors (Lipinski definition) is 3. The Labute approximate surface area is 101 Å². The maximum Gasteiger partial charge on any atom is 0.235 e. The molecule has 1 N–H and O–H groups in total. The van der Waals surface area contributed by atoms with E-state index in [0.29, 0.717) is 12.5 Å². The number of amides is 1. The normalized spacial score (nSPS) is 15.5. The molecular weight excluding hydrogens is 238 g/mol. The summed E-state index contributed by atoms with van der Waals surface area (Å²) < 4.78 is 23.7. The topological polar surface area (TPSA) is 63.2 Å². The summed E-state index contributed by atoms with van der Waals surface area (Å²) in [5, 5.41) is 2.65. The van der Waals surface area contributed by atoms with Gasteiger partial charge in [-0.2, -0.15) is 0 Å². The second kappa shape index (κ2) is 4.87. The summed E-state index contributed by atoms with van der Waals surface area (Å²) in [6, 6.07) is 8.04. The zero-order chi connectivity index (χ0) is 12.3. The van der Waals surface area contributed by atoms with Crippen LogP contribution in [0.4, 0.5) is 0 Å². The molecule has 1 amide bonds. The van der Waals surface area contributed by atoms with Crippen LogP contribution >= 0.6 is 0 Å². The van der Waals surface area contributed by atoms with E-state index in [1.807, 2.05) is 0 Å². The van der Waals surface area contributed by atoms with E-state index in [-0.39, 0.29) is 4.90 Å². The smallest absolute Gasteiger partial charge is 0.235 e. The molecule has 0 unspecified atom stereocenters. The summed E-state index contributed by atoms with van der Waals surface area (Å²) in [6.45, 7) is 0.600. The van der Waals surface area contributed by atoms with Crippen LogP contribution in [0.1, 0.15) is 12.8 Å². The third kappa shape index (κ3) is 3.56. The van der Waals surface area contributed by atoms with E-state index < -0.39 is 21.5 Å². The number of carbonyl (C=O) groups is 1. The first-order chi connectivity index (χ1) is 8.08. The van der Waals surface area contributed by atoms with Crippen molar-refractivity contribution in [2.75, 3.05) is 12.3 Å². The van der Waals surface area contributed by atoms with Crippen LogP contribution in [0.3, 0.4) is 0 Å². The summed E-state index contributed by atoms with van der Waals surface area (Å²) in [5.41, 5.74) is 0. The van der Waals surface area contributed by atoms with Crippen LogP contribution in [0, 0.1) is 5.92 Å². The van der Waals surface area contributed by atoms with E-state index in [9.17, 15) is 13.2 Å². The van der Waals surface area contributed by atoms with Gasteiger partial charge in [-0.1, -0.05) is 18.2 Å². The van der Waals surface area contributed by atoms with Crippen molar-refractivity contribution in [3.63, 3.8) is 0 Å². The molecule has 4 nitrogen and oxygen atoms in total. The fourth-order valence-electron chi connectivity index (χ4n) is 1.51. The number of hydrogen-bond donors (Lipinski definition) is 1. The number of nitrogens with one attached hydrogen (secondary N) is 1. The molecule has 1 aromatic carbocycles. The van der Waals surface area contributed by atoms with E-state index in [1.165, 1.54) is 12.1 Å². The van der Waals surface area contributed by atoms with Gasteiger partial charge in [0.25, 0.3) is 0 Å². The lowest BCUT2D eigenvalue weighted by Gasteiger charge is -2.05. The van der Waals surface area contributed by atoms with Crippen molar-refractivity contribution in [1.29, 1.82) is 0 Å². The molecule has 0 atom stereocenters. The quantitative estimate of drug-likeness (QED) is 0.851. The lowest BCUT2D eigenvalue weighted by Crippen LogP contribution is -2.31. The molecule has 1 aliphatic carbocycles. The van der Waals surface area contributed by atoms with E-state index >= 15 is 0 Å². The van der Waals surface area contributed by atoms with Gasteiger partial charge in [0.15, 0.2) is 9.84 Å². The molecule has 0 radical (unpaired) electrons. The molecule has 1 saturated carbocycles. The lowest BCUT2D eigenvalue weighted by atomic mass is 10.4. The molecule has 0 aliphatic heterocycles. The van der Waals surface area contributed by atoms with Gasteiger partial charge in [0, 0.05) is 6.54 Å². The Morgan fingerprint density at radius 3 is 2.47 bits per heavy atom. The fraction of sp³-hybridized carbons (Fsp3) is 0.417. The first kappa shape index (κ1) is 12.1. The highest BCUT2D eigenvalue weighted by Crippen LogP contribution is 2.27. The second-order valence-corrected chi connectivity index (χ2v) is 6.31. The third-order valence-electron chi connectivity index (χ3n) is 2.71. The van der Waals surface area contributed by atoms with Gasteiger partial charge < -0.3 is 5.32 Å². The van der Waals surface area contributed by atoms with Gasteiger partial charge in [-0.3, -0.25) is 4.79 Å². The van der Waals surface area contributed by atoms with Crippen molar-refractivity contribution >= 4 is 15.7 Å². The van der Waals surface area contributed by atoms with Crippen molar-refractivity contribution in [2.45, 2.75) is 17.7 Å². The van der Waals surface area contributed by atoms with E-state index in [2.05, 4.69) is 5.32 Å². The first-order valence-corrected chi connectivity index (χ1v) is 7.28. The van der Waals surface area contributed by atoms with Crippen molar-refractivity contribution in [3.05, 3.63) is 30.3 Å². The highest BCUT2D eigenvalue weighted by atomic mass is 32.2. The molecule has 17 heavy (non-hydrogen) atoms. The maximum absolute atomic E-state index is 11.8. The van der Waals surface area contributed by atoms with Crippen molar-refractivity contribution < 1.29 is 13.2 Å². The molecule has 1 aliphatic rings. The zero-order valence-corrected chi connectivity index (χ0v) is 10.2. The average molecular weight is 253 g/mol. The standard InChI is InChI=1S/C12H15NO3S/c14-12(13-8-10-6-7-10)9-17(15,16)11-4-2-1-3-5-11/h1-5,10H,6-9H2,(H,13,14). The first-order valence-electron chi connectivity index (χ1n) is 5.62. The van der Waals surface area contributed by atoms with Gasteiger partial charge in [-0.25, -0.2) is 8.42 Å². The Kier molecular flexibility index (Phi) is 3.47. The second-order valence-electron chi connectivity index (χ2n) is 4.32. The van der Waals surface area contributed by atoms with Gasteiger partial charge in [0.05, 0.1) is 4.90 Å². The minimum absolute atomic E-state index is 0.196. The summed E-state index contributed by atoms with van der Waals surface area (Å²) in [7, 11) is -3.50. The lowest BCUT2D eigenvalue weighted by molar-refractivity contribution is -0.118. The predicted octanol–water partition coefficient (Wildman–Crippen LogP) is 0.987. The zero-order valence-electron chi connectivity index (χ0n) is 9.43. The molecule has 0 bridgehead atoms. The average Bonchev–Trinajstić information content (AvgIpc) is 3.11. The molecule has 92 valence electrons. The fourth-order valence-corrected chi connectivity index (χ4v) is 2.70. The third-order valence-corrected chi connectivity index (χ3v) is 4.34. The van der Waals surface area contributed by atoms with Crippen LogP contribution in [-0.2, 0) is 14.6 Å². The highest BCUT2D eigenvalue weighted by Gasteiger charge is 2.23. The highest BCUT2D eigenvalue weighted by molar-refractivity contribution is 7.92. The predicted molar refractivity (Wildman–Crippen MR) is 64.2 cm³/mol. The van der Waals surface area contributed by atoms with E-state index in [1.54, 1.807) is 18.2 Å². The summed E-state index contributed by atoms with van der Waals surface area (Å²) in [4.78, 5) is 11.7. The Morgan fingerprint density at radius 1 is 1.24 bits per heavy atom. The Hall–Kier alpha value is -1.36. The number of sulfone groups is 1. The molecule has 0 heterocycles. The van der Waals surface area contributed by atoms with Crippen LogP contribution in [0.15, 0.2) is 35.2 Å². The van der Waals surface area contributed by atoms with Crippen LogP contribution in [0.5, 0.6) is 0 Å².